The van der Waals surface area contributed by atoms with E-state index in [-0.39, 0.29) is 13.2 Å². The van der Waals surface area contributed by atoms with Gasteiger partial charge in [-0.3, -0.25) is 9.69 Å². The average molecular weight is 349 g/mol. The zero-order valence-corrected chi connectivity index (χ0v) is 14.9. The molecular formula is C18H23NO6. The number of benzene rings is 1. The molecular weight excluding hydrogens is 326 g/mol. The number of methoxy groups -OCH3 is 1. The van der Waals surface area contributed by atoms with Gasteiger partial charge in [-0.2, -0.15) is 0 Å². The van der Waals surface area contributed by atoms with Crippen LogP contribution in [0.1, 0.15) is 20.8 Å². The lowest BCUT2D eigenvalue weighted by Crippen LogP contribution is -2.51. The van der Waals surface area contributed by atoms with E-state index in [0.717, 1.165) is 4.90 Å². The van der Waals surface area contributed by atoms with E-state index in [1.807, 2.05) is 0 Å². The predicted octanol–water partition coefficient (Wildman–Crippen LogP) is 2.10. The van der Waals surface area contributed by atoms with Gasteiger partial charge < -0.3 is 14.2 Å². The molecule has 0 saturated heterocycles. The molecule has 0 spiro atoms. The molecule has 7 heteroatoms. The number of rotatable bonds is 8. The lowest BCUT2D eigenvalue weighted by atomic mass is 10.2. The highest BCUT2D eigenvalue weighted by Gasteiger charge is 2.39. The van der Waals surface area contributed by atoms with Crippen LogP contribution >= 0.6 is 0 Å². The molecule has 0 unspecified atom stereocenters. The van der Waals surface area contributed by atoms with Crippen molar-refractivity contribution in [2.45, 2.75) is 26.8 Å². The summed E-state index contributed by atoms with van der Waals surface area (Å²) < 4.78 is 15.0. The van der Waals surface area contributed by atoms with Gasteiger partial charge in [0.25, 0.3) is 5.91 Å². The van der Waals surface area contributed by atoms with Crippen molar-refractivity contribution < 1.29 is 28.6 Å². The van der Waals surface area contributed by atoms with Crippen molar-refractivity contribution in [1.29, 1.82) is 0 Å². The number of esters is 2. The molecule has 136 valence electrons. The minimum atomic E-state index is -1.53. The monoisotopic (exact) mass is 349 g/mol. The maximum atomic E-state index is 12.5. The molecule has 0 aliphatic carbocycles. The van der Waals surface area contributed by atoms with Gasteiger partial charge >= 0.3 is 11.9 Å². The minimum absolute atomic E-state index is 0.0724. The number of ether oxygens (including phenoxy) is 3. The Kier molecular flexibility index (Phi) is 8.18. The van der Waals surface area contributed by atoms with Gasteiger partial charge in [-0.15, -0.1) is 0 Å². The second-order valence-corrected chi connectivity index (χ2v) is 4.81. The Hall–Kier alpha value is -2.83. The van der Waals surface area contributed by atoms with E-state index in [1.165, 1.54) is 19.3 Å². The highest BCUT2D eigenvalue weighted by Crippen LogP contribution is 2.23. The summed E-state index contributed by atoms with van der Waals surface area (Å²) >= 11 is 0. The van der Waals surface area contributed by atoms with E-state index < -0.39 is 23.9 Å². The smallest absolute Gasteiger partial charge is 0.341 e. The molecule has 25 heavy (non-hydrogen) atoms. The fourth-order valence-corrected chi connectivity index (χ4v) is 2.12. The number of nitrogens with zero attached hydrogens (tertiary/aromatic N) is 1. The van der Waals surface area contributed by atoms with E-state index >= 15 is 0 Å². The SMILES string of the molecule is C/C=C\C(=O)N(c1ccc(OC)cc1)C(C(=O)OCC)C(=O)OCC. The third kappa shape index (κ3) is 5.34. The summed E-state index contributed by atoms with van der Waals surface area (Å²) in [6.07, 6.45) is 2.78. The third-order valence-electron chi connectivity index (χ3n) is 3.18. The summed E-state index contributed by atoms with van der Waals surface area (Å²) in [5.41, 5.74) is 0.343. The molecule has 1 amide bonds. The first-order valence-electron chi connectivity index (χ1n) is 7.93. The van der Waals surface area contributed by atoms with Gasteiger partial charge in [0, 0.05) is 5.69 Å². The van der Waals surface area contributed by atoms with Crippen molar-refractivity contribution >= 4 is 23.5 Å². The Labute approximate surface area is 147 Å². The highest BCUT2D eigenvalue weighted by atomic mass is 16.6. The van der Waals surface area contributed by atoms with Crippen LogP contribution in [-0.2, 0) is 23.9 Å². The first-order chi connectivity index (χ1) is 12.0. The number of hydrogen-bond donors (Lipinski definition) is 0. The molecule has 0 fully saturated rings. The fourth-order valence-electron chi connectivity index (χ4n) is 2.12. The van der Waals surface area contributed by atoms with Crippen LogP contribution in [0.2, 0.25) is 0 Å². The van der Waals surface area contributed by atoms with Crippen molar-refractivity contribution in [2.24, 2.45) is 0 Å². The topological polar surface area (TPSA) is 82.1 Å². The molecule has 0 radical (unpaired) electrons. The summed E-state index contributed by atoms with van der Waals surface area (Å²) in [4.78, 5) is 38.3. The Morgan fingerprint density at radius 2 is 1.56 bits per heavy atom. The zero-order chi connectivity index (χ0) is 18.8. The number of amides is 1. The molecule has 0 aliphatic rings. The molecule has 0 N–H and O–H groups in total. The lowest BCUT2D eigenvalue weighted by molar-refractivity contribution is -0.157. The standard InChI is InChI=1S/C18H23NO6/c1-5-8-15(20)19(13-9-11-14(23-4)12-10-13)16(17(21)24-6-2)18(22)25-7-3/h5,8-12,16H,6-7H2,1-4H3/b8-5-. The summed E-state index contributed by atoms with van der Waals surface area (Å²) in [7, 11) is 1.51. The van der Waals surface area contributed by atoms with Crippen LogP contribution in [0.4, 0.5) is 5.69 Å². The van der Waals surface area contributed by atoms with Crippen LogP contribution in [0.15, 0.2) is 36.4 Å². The second kappa shape index (κ2) is 10.1. The van der Waals surface area contributed by atoms with Gasteiger partial charge in [0.15, 0.2) is 0 Å². The number of allylic oxidation sites excluding steroid dienone is 1. The van der Waals surface area contributed by atoms with Crippen LogP contribution in [0.3, 0.4) is 0 Å². The Morgan fingerprint density at radius 1 is 1.04 bits per heavy atom. The predicted molar refractivity (Wildman–Crippen MR) is 92.3 cm³/mol. The summed E-state index contributed by atoms with van der Waals surface area (Å²) in [5.74, 6) is -1.67. The third-order valence-corrected chi connectivity index (χ3v) is 3.18. The van der Waals surface area contributed by atoms with Crippen LogP contribution in [0.25, 0.3) is 0 Å². The van der Waals surface area contributed by atoms with E-state index in [1.54, 1.807) is 45.0 Å². The Balaban J connectivity index is 3.38. The quantitative estimate of drug-likeness (QED) is 0.406. The van der Waals surface area contributed by atoms with Gasteiger partial charge in [-0.1, -0.05) is 6.08 Å². The van der Waals surface area contributed by atoms with Crippen LogP contribution in [-0.4, -0.2) is 44.2 Å². The maximum Gasteiger partial charge on any atom is 0.341 e. The lowest BCUT2D eigenvalue weighted by Gasteiger charge is -2.28. The zero-order valence-electron chi connectivity index (χ0n) is 14.9. The first-order valence-corrected chi connectivity index (χ1v) is 7.93. The van der Waals surface area contributed by atoms with E-state index in [9.17, 15) is 14.4 Å². The largest absolute Gasteiger partial charge is 0.497 e. The van der Waals surface area contributed by atoms with Crippen LogP contribution in [0, 0.1) is 0 Å². The fraction of sp³-hybridized carbons (Fsp3) is 0.389. The van der Waals surface area contributed by atoms with Gasteiger partial charge in [0.2, 0.25) is 6.04 Å². The normalized spacial score (nSPS) is 10.6. The number of hydrogen-bond acceptors (Lipinski definition) is 6. The van der Waals surface area contributed by atoms with Crippen molar-refractivity contribution in [3.8, 4) is 5.75 Å². The van der Waals surface area contributed by atoms with Gasteiger partial charge in [-0.05, 0) is 51.1 Å². The summed E-state index contributed by atoms with van der Waals surface area (Å²) in [6, 6.07) is 4.87. The van der Waals surface area contributed by atoms with Crippen LogP contribution in [0.5, 0.6) is 5.75 Å². The second-order valence-electron chi connectivity index (χ2n) is 4.81. The van der Waals surface area contributed by atoms with Gasteiger partial charge in [-0.25, -0.2) is 9.59 Å². The van der Waals surface area contributed by atoms with Crippen molar-refractivity contribution in [3.63, 3.8) is 0 Å². The molecule has 1 rings (SSSR count). The Bertz CT molecular complexity index is 605. The van der Waals surface area contributed by atoms with Crippen molar-refractivity contribution in [3.05, 3.63) is 36.4 Å². The molecule has 0 heterocycles. The number of anilines is 1. The number of carbonyl (C=O) groups excluding carboxylic acids is 3. The number of carbonyl (C=O) groups is 3. The van der Waals surface area contributed by atoms with Crippen molar-refractivity contribution in [1.82, 2.24) is 0 Å². The van der Waals surface area contributed by atoms with Crippen LogP contribution < -0.4 is 9.64 Å². The highest BCUT2D eigenvalue weighted by molar-refractivity contribution is 6.13. The first kappa shape index (κ1) is 20.2. The molecule has 7 nitrogen and oxygen atoms in total. The summed E-state index contributed by atoms with van der Waals surface area (Å²) in [6.45, 7) is 5.04. The molecule has 0 atom stereocenters. The molecule has 0 bridgehead atoms. The maximum absolute atomic E-state index is 12.5. The minimum Gasteiger partial charge on any atom is -0.497 e. The van der Waals surface area contributed by atoms with Crippen molar-refractivity contribution in [2.75, 3.05) is 25.2 Å². The van der Waals surface area contributed by atoms with E-state index in [0.29, 0.717) is 11.4 Å². The van der Waals surface area contributed by atoms with Gasteiger partial charge in [0.05, 0.1) is 20.3 Å². The van der Waals surface area contributed by atoms with Gasteiger partial charge in [0.1, 0.15) is 5.75 Å². The molecule has 0 saturated carbocycles. The van der Waals surface area contributed by atoms with E-state index in [2.05, 4.69) is 0 Å². The molecule has 0 aliphatic heterocycles. The van der Waals surface area contributed by atoms with E-state index in [4.69, 9.17) is 14.2 Å². The molecule has 1 aromatic rings. The molecule has 1 aromatic carbocycles. The Morgan fingerprint density at radius 3 is 1.96 bits per heavy atom. The summed E-state index contributed by atoms with van der Waals surface area (Å²) in [5, 5.41) is 0. The average Bonchev–Trinajstić information content (AvgIpc) is 2.60. The molecule has 0 aromatic heterocycles.